The lowest BCUT2D eigenvalue weighted by molar-refractivity contribution is -0.120. The summed E-state index contributed by atoms with van der Waals surface area (Å²) in [6.07, 6.45) is 18.3. The van der Waals surface area contributed by atoms with Crippen LogP contribution in [0, 0.1) is 47.6 Å². The van der Waals surface area contributed by atoms with Gasteiger partial charge in [0, 0.05) is 125 Å². The van der Waals surface area contributed by atoms with Crippen molar-refractivity contribution in [3.63, 3.8) is 0 Å². The first-order valence-corrected chi connectivity index (χ1v) is 27.6. The van der Waals surface area contributed by atoms with Crippen molar-refractivity contribution < 1.29 is 37.7 Å². The zero-order valence-electron chi connectivity index (χ0n) is 44.1. The number of nitrogens with one attached hydrogen (secondary N) is 2. The van der Waals surface area contributed by atoms with Crippen molar-refractivity contribution in [2.24, 2.45) is 16.7 Å². The number of methoxy groups -OCH3 is 1. The van der Waals surface area contributed by atoms with Crippen LogP contribution < -0.4 is 25.2 Å². The first-order valence-electron chi connectivity index (χ1n) is 27.6. The average Bonchev–Trinajstić information content (AvgIpc) is 4.20. The minimum atomic E-state index is -0.747. The van der Waals surface area contributed by atoms with Crippen LogP contribution in [0.5, 0.6) is 11.8 Å². The number of urea groups is 1. The highest BCUT2D eigenvalue weighted by Gasteiger charge is 2.48. The minimum Gasteiger partial charge on any atom is -0.508 e. The summed E-state index contributed by atoms with van der Waals surface area (Å²) in [5, 5.41) is 18.1. The number of aromatic hydroxyl groups is 1. The Balaban J connectivity index is 0.671. The molecule has 7 fully saturated rings. The summed E-state index contributed by atoms with van der Waals surface area (Å²) in [5.41, 5.74) is 2.07. The van der Waals surface area contributed by atoms with Gasteiger partial charge in [-0.1, -0.05) is 18.1 Å². The maximum Gasteiger partial charge on any atom is 0.328 e. The van der Waals surface area contributed by atoms with Crippen molar-refractivity contribution in [2.75, 3.05) is 102 Å². The van der Waals surface area contributed by atoms with Crippen LogP contribution in [0.25, 0.3) is 32.9 Å². The lowest BCUT2D eigenvalue weighted by atomic mass is 9.65. The van der Waals surface area contributed by atoms with Crippen LogP contribution in [0.4, 0.5) is 25.1 Å². The normalized spacial score (nSPS) is 23.7. The molecule has 3 N–H and O–H groups in total. The van der Waals surface area contributed by atoms with Crippen LogP contribution in [0.15, 0.2) is 48.7 Å². The minimum absolute atomic E-state index is 0.00311. The van der Waals surface area contributed by atoms with Crippen molar-refractivity contribution in [1.82, 2.24) is 40.3 Å². The number of terminal acetylenes is 1. The van der Waals surface area contributed by atoms with Crippen molar-refractivity contribution in [3.05, 3.63) is 77.0 Å². The molecule has 0 radical (unpaired) electrons. The molecule has 2 bridgehead atoms. The van der Waals surface area contributed by atoms with Gasteiger partial charge < -0.3 is 39.5 Å². The highest BCUT2D eigenvalue weighted by atomic mass is 19.1. The maximum absolute atomic E-state index is 17.3. The summed E-state index contributed by atoms with van der Waals surface area (Å²) in [6.45, 7) is 11.8. The number of benzene rings is 3. The molecule has 3 aromatic carbocycles. The lowest BCUT2D eigenvalue weighted by Crippen LogP contribution is -2.61. The van der Waals surface area contributed by atoms with Crippen LogP contribution in [-0.2, 0) is 9.53 Å². The van der Waals surface area contributed by atoms with Crippen LogP contribution >= 0.6 is 0 Å². The van der Waals surface area contributed by atoms with Crippen LogP contribution in [0.2, 0.25) is 0 Å². The molecular formula is C59H68F2N10O6. The number of piperidine rings is 1. The number of likely N-dealkylation sites (tertiary alicyclic amines) is 1. The molecule has 5 aliphatic heterocycles. The van der Waals surface area contributed by atoms with E-state index in [2.05, 4.69) is 36.2 Å². The molecule has 2 atom stereocenters. The van der Waals surface area contributed by atoms with Gasteiger partial charge in [-0.3, -0.25) is 24.8 Å². The molecule has 404 valence electrons. The second-order valence-electron chi connectivity index (χ2n) is 23.5. The monoisotopic (exact) mass is 1050 g/mol. The highest BCUT2D eigenvalue weighted by Crippen LogP contribution is 2.49. The fourth-order valence-corrected chi connectivity index (χ4v) is 13.7. The third-order valence-electron chi connectivity index (χ3n) is 18.3. The van der Waals surface area contributed by atoms with Gasteiger partial charge in [0.05, 0.1) is 29.7 Å². The Morgan fingerprint density at radius 3 is 2.43 bits per heavy atom. The highest BCUT2D eigenvalue weighted by molar-refractivity contribution is 6.07. The lowest BCUT2D eigenvalue weighted by Gasteiger charge is -2.47. The molecule has 5 aromatic rings. The summed E-state index contributed by atoms with van der Waals surface area (Å²) in [7, 11) is 1.70. The third-order valence-corrected chi connectivity index (χ3v) is 18.3. The second kappa shape index (κ2) is 20.4. The summed E-state index contributed by atoms with van der Waals surface area (Å²) in [5.74, 6) is 1.81. The summed E-state index contributed by atoms with van der Waals surface area (Å²) in [4.78, 5) is 63.4. The Kier molecular flexibility index (Phi) is 13.6. The Hall–Kier alpha value is -6.52. The zero-order chi connectivity index (χ0) is 53.2. The van der Waals surface area contributed by atoms with E-state index in [4.69, 9.17) is 25.9 Å². The topological polar surface area (TPSA) is 169 Å². The predicted molar refractivity (Wildman–Crippen MR) is 289 cm³/mol. The van der Waals surface area contributed by atoms with E-state index in [1.807, 2.05) is 24.0 Å². The number of aryl methyl sites for hydroxylation is 1. The maximum atomic E-state index is 17.3. The van der Waals surface area contributed by atoms with Gasteiger partial charge >= 0.3 is 12.0 Å². The zero-order valence-corrected chi connectivity index (χ0v) is 44.1. The number of piperazine rings is 2. The van der Waals surface area contributed by atoms with Crippen LogP contribution in [0.1, 0.15) is 92.1 Å². The van der Waals surface area contributed by atoms with E-state index in [0.29, 0.717) is 66.6 Å². The fraction of sp³-hybridized carbons (Fsp3) is 0.525. The smallest absolute Gasteiger partial charge is 0.328 e. The van der Waals surface area contributed by atoms with E-state index < -0.39 is 17.7 Å². The Morgan fingerprint density at radius 1 is 0.909 bits per heavy atom. The van der Waals surface area contributed by atoms with Gasteiger partial charge in [-0.05, 0) is 124 Å². The molecule has 5 saturated heterocycles. The number of carbonyl (C=O) groups is 3. The van der Waals surface area contributed by atoms with Crippen molar-refractivity contribution >= 4 is 51.0 Å². The first kappa shape index (κ1) is 51.2. The van der Waals surface area contributed by atoms with E-state index >= 15 is 8.78 Å². The van der Waals surface area contributed by atoms with Gasteiger partial charge in [0.2, 0.25) is 5.91 Å². The number of nitrogens with zero attached hydrogens (tertiary/aromatic N) is 8. The molecular weight excluding hydrogens is 983 g/mol. The second-order valence-corrected chi connectivity index (χ2v) is 23.5. The largest absolute Gasteiger partial charge is 0.508 e. The molecule has 16 nitrogen and oxygen atoms in total. The molecule has 2 aromatic heterocycles. The average molecular weight is 1050 g/mol. The van der Waals surface area contributed by atoms with Gasteiger partial charge in [-0.25, -0.2) is 13.6 Å². The number of ether oxygens (including phenoxy) is 2. The summed E-state index contributed by atoms with van der Waals surface area (Å²) in [6, 6.07) is 10.9. The van der Waals surface area contributed by atoms with E-state index in [9.17, 15) is 19.5 Å². The number of aromatic nitrogens is 3. The van der Waals surface area contributed by atoms with Crippen LogP contribution in [0.3, 0.4) is 0 Å². The first-order chi connectivity index (χ1) is 37.2. The molecule has 77 heavy (non-hydrogen) atoms. The van der Waals surface area contributed by atoms with Gasteiger partial charge in [0.1, 0.15) is 28.6 Å². The Morgan fingerprint density at radius 2 is 1.69 bits per heavy atom. The molecule has 18 heteroatoms. The number of pyridine rings is 1. The number of phenols is 1. The van der Waals surface area contributed by atoms with Gasteiger partial charge in [0.25, 0.3) is 5.91 Å². The molecule has 1 spiro atoms. The number of imide groups is 1. The molecule has 2 aliphatic carbocycles. The van der Waals surface area contributed by atoms with Gasteiger partial charge in [0.15, 0.2) is 5.82 Å². The van der Waals surface area contributed by atoms with E-state index in [-0.39, 0.29) is 80.1 Å². The number of amides is 4. The number of fused-ring (bicyclic) bond motifs is 4. The third kappa shape index (κ3) is 10.0. The molecule has 7 aliphatic rings. The predicted octanol–water partition coefficient (Wildman–Crippen LogP) is 7.41. The van der Waals surface area contributed by atoms with E-state index in [1.54, 1.807) is 24.3 Å². The van der Waals surface area contributed by atoms with Crippen molar-refractivity contribution in [3.8, 4) is 35.4 Å². The van der Waals surface area contributed by atoms with E-state index in [1.165, 1.54) is 49.9 Å². The SMILES string of the molecule is C#Cc1c(F)ccc2cc(O)cc(-c3ncc4c(N5CC6CCC(COC)(C5)N6)nc(OCC5(CN6CCN(CC7CCC8(CC7)CCN(C(=O)c7ccc(C)c(N9CCC(=O)NC9=O)c7)CC8)CC6)CC5)nc4c3F)c12. The number of hydrogen-bond acceptors (Lipinski definition) is 13. The Bertz CT molecular complexity index is 3190. The van der Waals surface area contributed by atoms with Crippen LogP contribution in [-0.4, -0.2) is 157 Å². The molecule has 12 rings (SSSR count). The van der Waals surface area contributed by atoms with E-state index in [0.717, 1.165) is 96.4 Å². The number of anilines is 2. The van der Waals surface area contributed by atoms with Crippen molar-refractivity contribution in [1.29, 1.82) is 0 Å². The number of halogens is 2. The number of rotatable bonds is 13. The molecule has 7 heterocycles. The van der Waals surface area contributed by atoms with Gasteiger partial charge in [-0.15, -0.1) is 6.42 Å². The quantitative estimate of drug-likeness (QED) is 0.0999. The molecule has 2 unspecified atom stereocenters. The number of hydrogen-bond donors (Lipinski definition) is 3. The molecule has 2 saturated carbocycles. The number of phenolic OH excluding ortho intramolecular Hbond substituents is 1. The van der Waals surface area contributed by atoms with Gasteiger partial charge in [-0.2, -0.15) is 9.97 Å². The standard InChI is InChI=1S/C59H68F2N10O6/c1-4-43-46(60)8-7-39-27-42(72)29-44(49(39)43)51-50(61)52-45(30-62-51)53(70-32-41-11-15-59(34-70,66-41)36-76-3)65-55(64-52)77-35-58(16-17-58)33-68-25-23-67(24-26-68)31-38-9-13-57(14-10-38)18-21-69(22-19-57)54(74)40-6-5-37(2)47(28-40)71-20-12-48(73)63-56(71)75/h1,5-8,27-30,38,41,66,72H,9-26,31-36H2,2-3H3,(H,63,73,75). The summed E-state index contributed by atoms with van der Waals surface area (Å²) < 4.78 is 44.7. The summed E-state index contributed by atoms with van der Waals surface area (Å²) >= 11 is 0. The fourth-order valence-electron chi connectivity index (χ4n) is 13.7. The van der Waals surface area contributed by atoms with Crippen molar-refractivity contribution in [2.45, 2.75) is 89.1 Å². The number of carbonyl (C=O) groups excluding carboxylic acids is 3. The Labute approximate surface area is 447 Å². The molecule has 4 amide bonds.